The molecule has 3 rings (SSSR count). The summed E-state index contributed by atoms with van der Waals surface area (Å²) in [4.78, 5) is 11.9. The first-order valence-corrected chi connectivity index (χ1v) is 6.22. The van der Waals surface area contributed by atoms with Crippen molar-refractivity contribution in [3.8, 4) is 0 Å². The van der Waals surface area contributed by atoms with Gasteiger partial charge in [0.05, 0.1) is 0 Å². The van der Waals surface area contributed by atoms with Crippen LogP contribution in [0.4, 0.5) is 0 Å². The van der Waals surface area contributed by atoms with Crippen molar-refractivity contribution in [1.82, 2.24) is 15.8 Å². The predicted molar refractivity (Wildman–Crippen MR) is 61.8 cm³/mol. The average Bonchev–Trinajstić information content (AvgIpc) is 2.91. The van der Waals surface area contributed by atoms with Gasteiger partial charge in [0, 0.05) is 24.6 Å². The third kappa shape index (κ3) is 2.20. The zero-order valence-corrected chi connectivity index (χ0v) is 9.90. The highest BCUT2D eigenvalue weighted by Gasteiger charge is 2.30. The molecule has 1 aliphatic carbocycles. The summed E-state index contributed by atoms with van der Waals surface area (Å²) in [6, 6.07) is 1.98. The largest absolute Gasteiger partial charge is 0.360 e. The Labute approximate surface area is 99.9 Å². The fraction of sp³-hybridized carbons (Fsp3) is 0.667. The quantitative estimate of drug-likeness (QED) is 0.816. The Balaban J connectivity index is 1.64. The van der Waals surface area contributed by atoms with Gasteiger partial charge in [0.2, 0.25) is 0 Å². The summed E-state index contributed by atoms with van der Waals surface area (Å²) in [6.45, 7) is 3.92. The Hall–Kier alpha value is -1.36. The summed E-state index contributed by atoms with van der Waals surface area (Å²) in [7, 11) is 0. The van der Waals surface area contributed by atoms with Crippen LogP contribution in [0, 0.1) is 5.92 Å². The average molecular weight is 235 g/mol. The van der Waals surface area contributed by atoms with Crippen LogP contribution in [0.5, 0.6) is 0 Å². The molecule has 5 heteroatoms. The highest BCUT2D eigenvalue weighted by atomic mass is 16.5. The molecule has 0 aromatic carbocycles. The van der Waals surface area contributed by atoms with E-state index in [1.807, 2.05) is 0 Å². The van der Waals surface area contributed by atoms with Gasteiger partial charge in [-0.3, -0.25) is 4.79 Å². The lowest BCUT2D eigenvalue weighted by atomic mass is 10.1. The van der Waals surface area contributed by atoms with Crippen molar-refractivity contribution in [2.45, 2.75) is 31.7 Å². The van der Waals surface area contributed by atoms with Gasteiger partial charge in [0.1, 0.15) is 5.76 Å². The molecule has 0 bridgehead atoms. The number of amides is 1. The summed E-state index contributed by atoms with van der Waals surface area (Å²) >= 11 is 0. The normalized spacial score (nSPS) is 28.3. The van der Waals surface area contributed by atoms with Crippen LogP contribution in [0.15, 0.2) is 10.6 Å². The number of rotatable bonds is 3. The van der Waals surface area contributed by atoms with Crippen molar-refractivity contribution < 1.29 is 9.32 Å². The molecule has 17 heavy (non-hydrogen) atoms. The molecule has 1 aromatic heterocycles. The molecular formula is C12H17N3O2. The molecule has 0 spiro atoms. The lowest BCUT2D eigenvalue weighted by Crippen LogP contribution is -2.39. The molecule has 2 aliphatic rings. The molecule has 1 amide bonds. The van der Waals surface area contributed by atoms with E-state index in [1.165, 1.54) is 0 Å². The van der Waals surface area contributed by atoms with Crippen molar-refractivity contribution in [3.05, 3.63) is 17.5 Å². The number of aromatic nitrogens is 1. The van der Waals surface area contributed by atoms with Crippen molar-refractivity contribution in [2.75, 3.05) is 13.1 Å². The molecule has 92 valence electrons. The molecule has 1 aromatic rings. The molecule has 1 aliphatic heterocycles. The van der Waals surface area contributed by atoms with Gasteiger partial charge in [-0.15, -0.1) is 0 Å². The highest BCUT2D eigenvalue weighted by molar-refractivity contribution is 5.92. The van der Waals surface area contributed by atoms with E-state index in [2.05, 4.69) is 22.7 Å². The van der Waals surface area contributed by atoms with E-state index in [0.29, 0.717) is 17.5 Å². The first-order chi connectivity index (χ1) is 8.24. The molecule has 5 nitrogen and oxygen atoms in total. The second-order valence-corrected chi connectivity index (χ2v) is 5.10. The number of nitrogens with one attached hydrogen (secondary N) is 2. The van der Waals surface area contributed by atoms with Gasteiger partial charge >= 0.3 is 0 Å². The Kier molecular flexibility index (Phi) is 2.63. The van der Waals surface area contributed by atoms with Gasteiger partial charge in [0.25, 0.3) is 5.91 Å². The van der Waals surface area contributed by atoms with Gasteiger partial charge in [-0.05, 0) is 25.3 Å². The second-order valence-electron chi connectivity index (χ2n) is 5.10. The van der Waals surface area contributed by atoms with Crippen LogP contribution < -0.4 is 10.6 Å². The molecule has 2 heterocycles. The Bertz CT molecular complexity index is 425. The minimum atomic E-state index is -0.124. The number of carbonyl (C=O) groups excluding carboxylic acids is 1. The summed E-state index contributed by atoms with van der Waals surface area (Å²) in [5, 5.41) is 10.1. The Morgan fingerprint density at radius 2 is 2.35 bits per heavy atom. The summed E-state index contributed by atoms with van der Waals surface area (Å²) in [5.41, 5.74) is 0.408. The third-order valence-electron chi connectivity index (χ3n) is 3.57. The van der Waals surface area contributed by atoms with Crippen LogP contribution in [0.2, 0.25) is 0 Å². The maximum Gasteiger partial charge on any atom is 0.273 e. The smallest absolute Gasteiger partial charge is 0.273 e. The monoisotopic (exact) mass is 235 g/mol. The van der Waals surface area contributed by atoms with Crippen molar-refractivity contribution in [2.24, 2.45) is 5.92 Å². The van der Waals surface area contributed by atoms with E-state index >= 15 is 0 Å². The SMILES string of the molecule is C[C@@H]1CNC[C@@H]1NC(=O)c1cc(C2CC2)on1. The Morgan fingerprint density at radius 1 is 1.53 bits per heavy atom. The molecule has 2 fully saturated rings. The number of hydrogen-bond donors (Lipinski definition) is 2. The first-order valence-electron chi connectivity index (χ1n) is 6.22. The van der Waals surface area contributed by atoms with Gasteiger partial charge in [-0.2, -0.15) is 0 Å². The highest BCUT2D eigenvalue weighted by Crippen LogP contribution is 2.40. The maximum atomic E-state index is 11.9. The van der Waals surface area contributed by atoms with Gasteiger partial charge in [-0.25, -0.2) is 0 Å². The van der Waals surface area contributed by atoms with Gasteiger partial charge in [0.15, 0.2) is 5.69 Å². The third-order valence-corrected chi connectivity index (χ3v) is 3.57. The van der Waals surface area contributed by atoms with E-state index in [0.717, 1.165) is 31.7 Å². The van der Waals surface area contributed by atoms with Gasteiger partial charge < -0.3 is 15.2 Å². The van der Waals surface area contributed by atoms with E-state index in [9.17, 15) is 4.79 Å². The van der Waals surface area contributed by atoms with Crippen LogP contribution in [0.1, 0.15) is 41.9 Å². The van der Waals surface area contributed by atoms with Crippen molar-refractivity contribution in [3.63, 3.8) is 0 Å². The molecule has 1 saturated heterocycles. The van der Waals surface area contributed by atoms with Gasteiger partial charge in [-0.1, -0.05) is 12.1 Å². The number of nitrogens with zero attached hydrogens (tertiary/aromatic N) is 1. The molecule has 0 unspecified atom stereocenters. The summed E-state index contributed by atoms with van der Waals surface area (Å²) in [6.07, 6.45) is 2.31. The van der Waals surface area contributed by atoms with E-state index in [4.69, 9.17) is 4.52 Å². The molecule has 0 radical (unpaired) electrons. The van der Waals surface area contributed by atoms with Crippen LogP contribution in [0.3, 0.4) is 0 Å². The van der Waals surface area contributed by atoms with E-state index in [-0.39, 0.29) is 11.9 Å². The first kappa shape index (κ1) is 10.8. The van der Waals surface area contributed by atoms with E-state index < -0.39 is 0 Å². The van der Waals surface area contributed by atoms with E-state index in [1.54, 1.807) is 6.07 Å². The van der Waals surface area contributed by atoms with Crippen LogP contribution in [0.25, 0.3) is 0 Å². The minimum absolute atomic E-state index is 0.124. The molecule has 1 saturated carbocycles. The lowest BCUT2D eigenvalue weighted by molar-refractivity contribution is 0.0923. The molecule has 2 atom stereocenters. The summed E-state index contributed by atoms with van der Waals surface area (Å²) in [5.74, 6) is 1.69. The lowest BCUT2D eigenvalue weighted by Gasteiger charge is -2.14. The fourth-order valence-corrected chi connectivity index (χ4v) is 2.20. The van der Waals surface area contributed by atoms with Crippen molar-refractivity contribution in [1.29, 1.82) is 0 Å². The second kappa shape index (κ2) is 4.14. The standard InChI is InChI=1S/C12H17N3O2/c1-7-5-13-6-10(7)14-12(16)9-4-11(17-15-9)8-2-3-8/h4,7-8,10,13H,2-3,5-6H2,1H3,(H,14,16)/t7-,10+/m1/s1. The molecule has 2 N–H and O–H groups in total. The fourth-order valence-electron chi connectivity index (χ4n) is 2.20. The van der Waals surface area contributed by atoms with Crippen LogP contribution >= 0.6 is 0 Å². The molecular weight excluding hydrogens is 218 g/mol. The Morgan fingerprint density at radius 3 is 3.00 bits per heavy atom. The van der Waals surface area contributed by atoms with Crippen LogP contribution in [-0.4, -0.2) is 30.2 Å². The minimum Gasteiger partial charge on any atom is -0.360 e. The number of carbonyl (C=O) groups is 1. The predicted octanol–water partition coefficient (Wildman–Crippen LogP) is 0.890. The maximum absolute atomic E-state index is 11.9. The van der Waals surface area contributed by atoms with Crippen LogP contribution in [-0.2, 0) is 0 Å². The zero-order valence-electron chi connectivity index (χ0n) is 9.90. The zero-order chi connectivity index (χ0) is 11.8. The van der Waals surface area contributed by atoms with Crippen molar-refractivity contribution >= 4 is 5.91 Å². The topological polar surface area (TPSA) is 67.2 Å². The summed E-state index contributed by atoms with van der Waals surface area (Å²) < 4.78 is 5.17. The number of hydrogen-bond acceptors (Lipinski definition) is 4.